The molecule has 3 rings (SSSR count). The van der Waals surface area contributed by atoms with Gasteiger partial charge in [-0.1, -0.05) is 5.16 Å². The molecule has 2 aromatic rings. The van der Waals surface area contributed by atoms with E-state index < -0.39 is 0 Å². The molecule has 2 N–H and O–H groups in total. The molecule has 2 heterocycles. The Morgan fingerprint density at radius 1 is 1.32 bits per heavy atom. The Kier molecular flexibility index (Phi) is 6.92. The van der Waals surface area contributed by atoms with Gasteiger partial charge in [0.1, 0.15) is 0 Å². The summed E-state index contributed by atoms with van der Waals surface area (Å²) in [5.74, 6) is 0.626. The van der Waals surface area contributed by atoms with Crippen molar-refractivity contribution >= 4 is 18.3 Å². The molecule has 0 aliphatic carbocycles. The molecule has 0 bridgehead atoms. The van der Waals surface area contributed by atoms with Crippen molar-refractivity contribution in [2.75, 3.05) is 19.6 Å². The van der Waals surface area contributed by atoms with Gasteiger partial charge in [0.05, 0.1) is 11.6 Å². The lowest BCUT2D eigenvalue weighted by atomic mass is 9.95. The maximum Gasteiger partial charge on any atom is 0.292 e. The van der Waals surface area contributed by atoms with Crippen molar-refractivity contribution in [2.45, 2.75) is 19.3 Å². The smallest absolute Gasteiger partial charge is 0.292 e. The van der Waals surface area contributed by atoms with Gasteiger partial charge in [0.15, 0.2) is 0 Å². The fraction of sp³-hybridized carbons (Fsp3) is 0.412. The van der Waals surface area contributed by atoms with Gasteiger partial charge in [0.2, 0.25) is 0 Å². The van der Waals surface area contributed by atoms with E-state index in [2.05, 4.69) is 20.8 Å². The van der Waals surface area contributed by atoms with Crippen molar-refractivity contribution in [2.24, 2.45) is 5.92 Å². The molecule has 0 unspecified atom stereocenters. The number of nitriles is 1. The molecule has 7 nitrogen and oxygen atoms in total. The van der Waals surface area contributed by atoms with Crippen molar-refractivity contribution in [3.63, 3.8) is 0 Å². The van der Waals surface area contributed by atoms with Gasteiger partial charge in [-0.15, -0.1) is 12.4 Å². The first-order valence-corrected chi connectivity index (χ1v) is 8.09. The first kappa shape index (κ1) is 18.9. The maximum absolute atomic E-state index is 12.1. The molecule has 1 saturated heterocycles. The number of amides is 1. The van der Waals surface area contributed by atoms with Gasteiger partial charge in [0, 0.05) is 12.1 Å². The van der Waals surface area contributed by atoms with E-state index in [1.807, 2.05) is 6.07 Å². The number of nitrogens with zero attached hydrogens (tertiary/aromatic N) is 3. The quantitative estimate of drug-likeness (QED) is 0.845. The Hall–Kier alpha value is -2.43. The summed E-state index contributed by atoms with van der Waals surface area (Å²) in [6, 6.07) is 8.80. The molecular formula is C17H20ClN5O2. The zero-order chi connectivity index (χ0) is 16.8. The predicted molar refractivity (Wildman–Crippen MR) is 94.2 cm³/mol. The standard InChI is InChI=1S/C17H19N5O2.ClH/c18-11-13-1-3-14(4-2-13)17-21-15(22-24-17)16(23)20-10-7-12-5-8-19-9-6-12;/h1-4,12,19H,5-10H2,(H,20,23);1H. The van der Waals surface area contributed by atoms with Gasteiger partial charge < -0.3 is 15.2 Å². The van der Waals surface area contributed by atoms with E-state index in [9.17, 15) is 4.79 Å². The van der Waals surface area contributed by atoms with Crippen LogP contribution >= 0.6 is 12.4 Å². The van der Waals surface area contributed by atoms with E-state index in [4.69, 9.17) is 9.78 Å². The van der Waals surface area contributed by atoms with Gasteiger partial charge >= 0.3 is 0 Å². The highest BCUT2D eigenvalue weighted by molar-refractivity contribution is 5.90. The van der Waals surface area contributed by atoms with Crippen molar-refractivity contribution in [3.05, 3.63) is 35.7 Å². The summed E-state index contributed by atoms with van der Waals surface area (Å²) in [7, 11) is 0. The minimum Gasteiger partial charge on any atom is -0.349 e. The zero-order valence-electron chi connectivity index (χ0n) is 13.7. The van der Waals surface area contributed by atoms with Crippen LogP contribution in [0.2, 0.25) is 0 Å². The number of halogens is 1. The topological polar surface area (TPSA) is 104 Å². The van der Waals surface area contributed by atoms with Crippen LogP contribution in [0, 0.1) is 17.2 Å². The minimum absolute atomic E-state index is 0. The van der Waals surface area contributed by atoms with E-state index in [1.54, 1.807) is 24.3 Å². The highest BCUT2D eigenvalue weighted by Crippen LogP contribution is 2.18. The highest BCUT2D eigenvalue weighted by Gasteiger charge is 2.17. The average molecular weight is 362 g/mol. The van der Waals surface area contributed by atoms with Gasteiger partial charge in [-0.05, 0) is 62.5 Å². The monoisotopic (exact) mass is 361 g/mol. The number of aromatic nitrogens is 2. The summed E-state index contributed by atoms with van der Waals surface area (Å²) in [5.41, 5.74) is 1.23. The third kappa shape index (κ3) is 5.02. The van der Waals surface area contributed by atoms with Crippen molar-refractivity contribution in [1.29, 1.82) is 5.26 Å². The predicted octanol–water partition coefficient (Wildman–Crippen LogP) is 2.15. The number of hydrogen-bond acceptors (Lipinski definition) is 6. The van der Waals surface area contributed by atoms with Crippen LogP contribution in [0.4, 0.5) is 0 Å². The number of hydrogen-bond donors (Lipinski definition) is 2. The average Bonchev–Trinajstić information content (AvgIpc) is 3.13. The number of rotatable bonds is 5. The molecule has 0 spiro atoms. The molecule has 1 aromatic heterocycles. The first-order valence-electron chi connectivity index (χ1n) is 8.09. The Balaban J connectivity index is 0.00000225. The summed E-state index contributed by atoms with van der Waals surface area (Å²) in [4.78, 5) is 16.2. The largest absolute Gasteiger partial charge is 0.349 e. The van der Waals surface area contributed by atoms with Crippen LogP contribution in [0.5, 0.6) is 0 Å². The number of carbonyl (C=O) groups is 1. The van der Waals surface area contributed by atoms with E-state index in [0.29, 0.717) is 23.6 Å². The summed E-state index contributed by atoms with van der Waals surface area (Å²) in [6.45, 7) is 2.72. The molecule has 1 aliphatic rings. The zero-order valence-corrected chi connectivity index (χ0v) is 14.5. The van der Waals surface area contributed by atoms with Crippen LogP contribution in [0.15, 0.2) is 28.8 Å². The van der Waals surface area contributed by atoms with E-state index in [-0.39, 0.29) is 30.0 Å². The molecule has 1 amide bonds. The summed E-state index contributed by atoms with van der Waals surface area (Å²) >= 11 is 0. The Morgan fingerprint density at radius 3 is 2.72 bits per heavy atom. The van der Waals surface area contributed by atoms with E-state index in [0.717, 1.165) is 32.4 Å². The van der Waals surface area contributed by atoms with Crippen LogP contribution in [-0.2, 0) is 0 Å². The van der Waals surface area contributed by atoms with E-state index in [1.165, 1.54) is 0 Å². The molecule has 132 valence electrons. The summed E-state index contributed by atoms with van der Waals surface area (Å²) in [6.07, 6.45) is 3.27. The minimum atomic E-state index is -0.326. The lowest BCUT2D eigenvalue weighted by molar-refractivity contribution is 0.0937. The van der Waals surface area contributed by atoms with Gasteiger partial charge in [-0.3, -0.25) is 4.79 Å². The van der Waals surface area contributed by atoms with Crippen molar-refractivity contribution in [3.8, 4) is 17.5 Å². The third-order valence-corrected chi connectivity index (χ3v) is 4.19. The second kappa shape index (κ2) is 9.16. The lowest BCUT2D eigenvalue weighted by Gasteiger charge is -2.22. The Morgan fingerprint density at radius 2 is 2.04 bits per heavy atom. The fourth-order valence-corrected chi connectivity index (χ4v) is 2.76. The Bertz CT molecular complexity index is 732. The van der Waals surface area contributed by atoms with E-state index >= 15 is 0 Å². The second-order valence-corrected chi connectivity index (χ2v) is 5.85. The first-order chi connectivity index (χ1) is 11.8. The number of piperidine rings is 1. The lowest BCUT2D eigenvalue weighted by Crippen LogP contribution is -2.31. The fourth-order valence-electron chi connectivity index (χ4n) is 2.76. The van der Waals surface area contributed by atoms with Crippen LogP contribution in [-0.4, -0.2) is 35.7 Å². The second-order valence-electron chi connectivity index (χ2n) is 5.85. The normalized spacial score (nSPS) is 14.4. The molecule has 8 heteroatoms. The molecule has 25 heavy (non-hydrogen) atoms. The number of carbonyl (C=O) groups excluding carboxylic acids is 1. The molecule has 0 saturated carbocycles. The maximum atomic E-state index is 12.1. The summed E-state index contributed by atoms with van der Waals surface area (Å²) in [5, 5.41) is 18.7. The van der Waals surface area contributed by atoms with Crippen molar-refractivity contribution < 1.29 is 9.32 Å². The third-order valence-electron chi connectivity index (χ3n) is 4.19. The molecule has 1 aliphatic heterocycles. The van der Waals surface area contributed by atoms with Gasteiger partial charge in [0.25, 0.3) is 17.6 Å². The molecule has 1 aromatic carbocycles. The number of benzene rings is 1. The molecular weight excluding hydrogens is 342 g/mol. The van der Waals surface area contributed by atoms with Crippen LogP contribution in [0.25, 0.3) is 11.5 Å². The van der Waals surface area contributed by atoms with Gasteiger partial charge in [-0.25, -0.2) is 0 Å². The van der Waals surface area contributed by atoms with Crippen LogP contribution in [0.3, 0.4) is 0 Å². The van der Waals surface area contributed by atoms with Crippen molar-refractivity contribution in [1.82, 2.24) is 20.8 Å². The van der Waals surface area contributed by atoms with Crippen LogP contribution in [0.1, 0.15) is 35.4 Å². The number of nitrogens with one attached hydrogen (secondary N) is 2. The summed E-state index contributed by atoms with van der Waals surface area (Å²) < 4.78 is 5.13. The SMILES string of the molecule is Cl.N#Cc1ccc(-c2nc(C(=O)NCCC3CCNCC3)no2)cc1. The molecule has 0 atom stereocenters. The Labute approximate surface area is 152 Å². The van der Waals surface area contributed by atoms with Gasteiger partial charge in [-0.2, -0.15) is 10.2 Å². The molecule has 0 radical (unpaired) electrons. The molecule has 1 fully saturated rings. The van der Waals surface area contributed by atoms with Crippen LogP contribution < -0.4 is 10.6 Å². The highest BCUT2D eigenvalue weighted by atomic mass is 35.5.